The van der Waals surface area contributed by atoms with Gasteiger partial charge in [-0.15, -0.1) is 11.3 Å². The lowest BCUT2D eigenvalue weighted by atomic mass is 10.1. The van der Waals surface area contributed by atoms with Crippen LogP contribution in [0.5, 0.6) is 0 Å². The molecule has 0 saturated carbocycles. The molecule has 0 spiro atoms. The largest absolute Gasteiger partial charge is 0.481 e. The standard InChI is InChI=1S/C20H26N2O3S/c1-14-10-12-16(13-11-14)19(25)22-20-21-15(2)17(26-20)8-6-4-3-5-7-9-18(23)24/h10-13H,3-9H2,1-2H3,(H,23,24)(H,21,22,25). The minimum Gasteiger partial charge on any atom is -0.481 e. The number of aliphatic carboxylic acids is 1. The summed E-state index contributed by atoms with van der Waals surface area (Å²) in [5, 5.41) is 12.1. The molecule has 2 N–H and O–H groups in total. The Bertz CT molecular complexity index is 738. The maximum Gasteiger partial charge on any atom is 0.303 e. The molecule has 0 saturated heterocycles. The Labute approximate surface area is 158 Å². The van der Waals surface area contributed by atoms with Crippen molar-refractivity contribution in [3.8, 4) is 0 Å². The minimum atomic E-state index is -0.717. The highest BCUT2D eigenvalue weighted by molar-refractivity contribution is 7.15. The van der Waals surface area contributed by atoms with Gasteiger partial charge < -0.3 is 5.11 Å². The zero-order chi connectivity index (χ0) is 18.9. The van der Waals surface area contributed by atoms with Crippen molar-refractivity contribution in [3.63, 3.8) is 0 Å². The molecule has 26 heavy (non-hydrogen) atoms. The van der Waals surface area contributed by atoms with Crippen LogP contribution in [0.15, 0.2) is 24.3 Å². The first-order valence-electron chi connectivity index (χ1n) is 9.02. The lowest BCUT2D eigenvalue weighted by Gasteiger charge is -2.02. The van der Waals surface area contributed by atoms with Crippen molar-refractivity contribution in [3.05, 3.63) is 46.0 Å². The first-order valence-corrected chi connectivity index (χ1v) is 9.83. The Kier molecular flexibility index (Phi) is 7.78. The highest BCUT2D eigenvalue weighted by Gasteiger charge is 2.11. The van der Waals surface area contributed by atoms with Crippen LogP contribution in [0.4, 0.5) is 5.13 Å². The molecule has 0 atom stereocenters. The summed E-state index contributed by atoms with van der Waals surface area (Å²) in [6.07, 6.45) is 6.13. The Morgan fingerprint density at radius 1 is 1.04 bits per heavy atom. The molecule has 0 unspecified atom stereocenters. The molecule has 1 heterocycles. The van der Waals surface area contributed by atoms with Gasteiger partial charge in [0.1, 0.15) is 0 Å². The Morgan fingerprint density at radius 3 is 2.38 bits per heavy atom. The summed E-state index contributed by atoms with van der Waals surface area (Å²) in [7, 11) is 0. The Balaban J connectivity index is 1.76. The molecule has 0 aliphatic rings. The van der Waals surface area contributed by atoms with Gasteiger partial charge in [0.05, 0.1) is 5.69 Å². The van der Waals surface area contributed by atoms with Gasteiger partial charge in [-0.1, -0.05) is 37.0 Å². The van der Waals surface area contributed by atoms with Crippen LogP contribution in [-0.2, 0) is 11.2 Å². The normalized spacial score (nSPS) is 10.7. The second-order valence-electron chi connectivity index (χ2n) is 6.51. The number of amides is 1. The summed E-state index contributed by atoms with van der Waals surface area (Å²) in [5.41, 5.74) is 2.73. The molecule has 0 aliphatic carbocycles. The van der Waals surface area contributed by atoms with Gasteiger partial charge in [-0.2, -0.15) is 0 Å². The monoisotopic (exact) mass is 374 g/mol. The topological polar surface area (TPSA) is 79.3 Å². The molecular formula is C20H26N2O3S. The number of carbonyl (C=O) groups is 2. The maximum atomic E-state index is 12.3. The van der Waals surface area contributed by atoms with Gasteiger partial charge in [-0.25, -0.2) is 4.98 Å². The summed E-state index contributed by atoms with van der Waals surface area (Å²) in [6, 6.07) is 7.47. The summed E-state index contributed by atoms with van der Waals surface area (Å²) in [6.45, 7) is 3.96. The van der Waals surface area contributed by atoms with E-state index in [0.29, 0.717) is 10.7 Å². The van der Waals surface area contributed by atoms with Gasteiger partial charge in [0.25, 0.3) is 5.91 Å². The van der Waals surface area contributed by atoms with E-state index in [1.54, 1.807) is 0 Å². The maximum absolute atomic E-state index is 12.3. The number of carboxylic acid groups (broad SMARTS) is 1. The van der Waals surface area contributed by atoms with E-state index in [1.807, 2.05) is 38.1 Å². The second kappa shape index (κ2) is 10.1. The average Bonchev–Trinajstić information content (AvgIpc) is 2.93. The van der Waals surface area contributed by atoms with Gasteiger partial charge in [-0.3, -0.25) is 14.9 Å². The molecule has 0 radical (unpaired) electrons. The van der Waals surface area contributed by atoms with Crippen molar-refractivity contribution in [1.29, 1.82) is 0 Å². The number of aromatic nitrogens is 1. The Morgan fingerprint density at radius 2 is 1.69 bits per heavy atom. The second-order valence-corrected chi connectivity index (χ2v) is 7.59. The van der Waals surface area contributed by atoms with Crippen LogP contribution in [0.25, 0.3) is 0 Å². The Hall–Kier alpha value is -2.21. The lowest BCUT2D eigenvalue weighted by molar-refractivity contribution is -0.137. The van der Waals surface area contributed by atoms with Gasteiger partial charge in [0, 0.05) is 16.9 Å². The number of anilines is 1. The van der Waals surface area contributed by atoms with E-state index in [-0.39, 0.29) is 12.3 Å². The van der Waals surface area contributed by atoms with Crippen LogP contribution in [0, 0.1) is 13.8 Å². The molecule has 5 nitrogen and oxygen atoms in total. The summed E-state index contributed by atoms with van der Waals surface area (Å²) in [4.78, 5) is 28.4. The van der Waals surface area contributed by atoms with Crippen LogP contribution in [-0.4, -0.2) is 22.0 Å². The number of hydrogen-bond donors (Lipinski definition) is 2. The lowest BCUT2D eigenvalue weighted by Crippen LogP contribution is -2.11. The number of nitrogens with zero attached hydrogens (tertiary/aromatic N) is 1. The van der Waals surface area contributed by atoms with E-state index in [1.165, 1.54) is 16.2 Å². The number of rotatable bonds is 10. The van der Waals surface area contributed by atoms with Crippen molar-refractivity contribution < 1.29 is 14.7 Å². The number of aryl methyl sites for hydroxylation is 3. The number of nitrogens with one attached hydrogen (secondary N) is 1. The molecule has 2 aromatic rings. The molecule has 2 rings (SSSR count). The summed E-state index contributed by atoms with van der Waals surface area (Å²) in [5.74, 6) is -0.853. The van der Waals surface area contributed by atoms with Gasteiger partial charge in [0.15, 0.2) is 5.13 Å². The zero-order valence-corrected chi connectivity index (χ0v) is 16.2. The van der Waals surface area contributed by atoms with Crippen LogP contribution >= 0.6 is 11.3 Å². The average molecular weight is 375 g/mol. The molecule has 0 aliphatic heterocycles. The van der Waals surface area contributed by atoms with Crippen molar-refractivity contribution in [1.82, 2.24) is 4.98 Å². The number of hydrogen-bond acceptors (Lipinski definition) is 4. The van der Waals surface area contributed by atoms with Crippen molar-refractivity contribution in [2.75, 3.05) is 5.32 Å². The fraction of sp³-hybridized carbons (Fsp3) is 0.450. The van der Waals surface area contributed by atoms with Crippen molar-refractivity contribution >= 4 is 28.3 Å². The van der Waals surface area contributed by atoms with E-state index in [2.05, 4.69) is 10.3 Å². The third-order valence-corrected chi connectivity index (χ3v) is 5.35. The minimum absolute atomic E-state index is 0.135. The smallest absolute Gasteiger partial charge is 0.303 e. The SMILES string of the molecule is Cc1ccc(C(=O)Nc2nc(C)c(CCCCCCCC(=O)O)s2)cc1. The molecule has 0 fully saturated rings. The zero-order valence-electron chi connectivity index (χ0n) is 15.4. The number of benzene rings is 1. The summed E-state index contributed by atoms with van der Waals surface area (Å²) >= 11 is 1.54. The quantitative estimate of drug-likeness (QED) is 0.575. The predicted molar refractivity (Wildman–Crippen MR) is 105 cm³/mol. The van der Waals surface area contributed by atoms with Gasteiger partial charge >= 0.3 is 5.97 Å². The van der Waals surface area contributed by atoms with E-state index >= 15 is 0 Å². The molecular weight excluding hydrogens is 348 g/mol. The molecule has 1 aromatic carbocycles. The van der Waals surface area contributed by atoms with E-state index < -0.39 is 5.97 Å². The summed E-state index contributed by atoms with van der Waals surface area (Å²) < 4.78 is 0. The predicted octanol–water partition coefficient (Wildman–Crippen LogP) is 4.98. The van der Waals surface area contributed by atoms with Crippen molar-refractivity contribution in [2.24, 2.45) is 0 Å². The van der Waals surface area contributed by atoms with Gasteiger partial charge in [0.2, 0.25) is 0 Å². The van der Waals surface area contributed by atoms with Crippen molar-refractivity contribution in [2.45, 2.75) is 58.8 Å². The van der Waals surface area contributed by atoms with Crippen LogP contribution in [0.3, 0.4) is 0 Å². The molecule has 1 amide bonds. The van der Waals surface area contributed by atoms with E-state index in [4.69, 9.17) is 5.11 Å². The van der Waals surface area contributed by atoms with E-state index in [9.17, 15) is 9.59 Å². The molecule has 140 valence electrons. The third-order valence-electron chi connectivity index (χ3n) is 4.22. The van der Waals surface area contributed by atoms with Crippen LogP contribution < -0.4 is 5.32 Å². The highest BCUT2D eigenvalue weighted by atomic mass is 32.1. The van der Waals surface area contributed by atoms with Gasteiger partial charge in [-0.05, 0) is 45.2 Å². The number of carbonyl (C=O) groups excluding carboxylic acids is 1. The number of unbranched alkanes of at least 4 members (excludes halogenated alkanes) is 4. The van der Waals surface area contributed by atoms with Crippen LogP contribution in [0.1, 0.15) is 65.0 Å². The first-order chi connectivity index (χ1) is 12.5. The van der Waals surface area contributed by atoms with E-state index in [0.717, 1.165) is 49.8 Å². The number of thiazole rings is 1. The third kappa shape index (κ3) is 6.59. The first kappa shape index (κ1) is 20.1. The molecule has 0 bridgehead atoms. The fourth-order valence-electron chi connectivity index (χ4n) is 2.68. The van der Waals surface area contributed by atoms with Crippen LogP contribution in [0.2, 0.25) is 0 Å². The highest BCUT2D eigenvalue weighted by Crippen LogP contribution is 2.25. The molecule has 1 aromatic heterocycles. The number of carboxylic acids is 1. The molecule has 6 heteroatoms. The fourth-order valence-corrected chi connectivity index (χ4v) is 3.68.